The quantitative estimate of drug-likeness (QED) is 0.500. The Morgan fingerprint density at radius 2 is 2.22 bits per heavy atom. The Labute approximate surface area is 66.2 Å². The predicted molar refractivity (Wildman–Crippen MR) is 28.4 cm³/mol. The number of hydrogen-bond acceptors (Lipinski definition) is 3. The molecule has 0 N–H and O–H groups in total. The number of hydrogen-bond donors (Lipinski definition) is 0. The van der Waals surface area contributed by atoms with Crippen molar-refractivity contribution in [2.24, 2.45) is 0 Å². The predicted octanol–water partition coefficient (Wildman–Crippen LogP) is 0.817. The van der Waals surface area contributed by atoms with E-state index in [2.05, 4.69) is 4.52 Å². The van der Waals surface area contributed by atoms with Gasteiger partial charge in [-0.2, -0.15) is 0 Å². The summed E-state index contributed by atoms with van der Waals surface area (Å²) in [6, 6.07) is 0. The fraction of sp³-hybridized carbons (Fsp3) is 1.00. The van der Waals surface area contributed by atoms with Crippen molar-refractivity contribution in [1.29, 1.82) is 0 Å². The van der Waals surface area contributed by atoms with Gasteiger partial charge in [-0.15, -0.1) is 4.52 Å². The molecule has 5 heteroatoms. The Bertz CT molecular complexity index is 87.9. The van der Waals surface area contributed by atoms with Gasteiger partial charge in [0.05, 0.1) is 0 Å². The van der Waals surface area contributed by atoms with Crippen LogP contribution in [0, 0.1) is 0 Å². The largest absolute Gasteiger partial charge is 1.00 e. The van der Waals surface area contributed by atoms with Gasteiger partial charge in [0, 0.05) is 0 Å². The summed E-state index contributed by atoms with van der Waals surface area (Å²) in [7, 11) is -2.65. The van der Waals surface area contributed by atoms with Gasteiger partial charge in [-0.25, -0.2) is 0 Å². The van der Waals surface area contributed by atoms with E-state index in [9.17, 15) is 9.46 Å². The van der Waals surface area contributed by atoms with Crippen LogP contribution in [0.2, 0.25) is 0 Å². The first-order valence-electron chi connectivity index (χ1n) is 2.48. The van der Waals surface area contributed by atoms with Crippen LogP contribution >= 0.6 is 8.25 Å². The molecule has 2 unspecified atom stereocenters. The van der Waals surface area contributed by atoms with Gasteiger partial charge in [-0.3, -0.25) is 0 Å². The van der Waals surface area contributed by atoms with E-state index in [0.717, 1.165) is 6.42 Å². The summed E-state index contributed by atoms with van der Waals surface area (Å²) in [6.45, 7) is 3.58. The van der Waals surface area contributed by atoms with Crippen molar-refractivity contribution in [3.05, 3.63) is 0 Å². The molecule has 2 atom stereocenters. The van der Waals surface area contributed by atoms with Gasteiger partial charge in [0.1, 0.15) is 6.10 Å². The molecular formula is C4H9CuO3P+. The Balaban J connectivity index is 0. The van der Waals surface area contributed by atoms with Gasteiger partial charge in [-0.1, -0.05) is 6.92 Å². The second-order valence-electron chi connectivity index (χ2n) is 1.55. The summed E-state index contributed by atoms with van der Waals surface area (Å²) < 4.78 is 14.1. The molecule has 0 saturated heterocycles. The standard InChI is InChI=1S/C4H9O3P.Cu/c1-3-4(2)7-8(5)6;/h4H,3H2,1-2H3;/q;+1. The first-order valence-corrected chi connectivity index (χ1v) is 3.57. The van der Waals surface area contributed by atoms with Gasteiger partial charge >= 0.3 is 25.3 Å². The molecule has 3 nitrogen and oxygen atoms in total. The molecule has 0 aliphatic carbocycles. The summed E-state index contributed by atoms with van der Waals surface area (Å²) in [6.07, 6.45) is 0.555. The van der Waals surface area contributed by atoms with Crippen LogP contribution in [0.3, 0.4) is 0 Å². The molecule has 0 rings (SSSR count). The minimum absolute atomic E-state index is 0. The maximum Gasteiger partial charge on any atom is 1.00 e. The van der Waals surface area contributed by atoms with Gasteiger partial charge in [0.15, 0.2) is 0 Å². The van der Waals surface area contributed by atoms with E-state index in [0.29, 0.717) is 0 Å². The molecule has 9 heavy (non-hydrogen) atoms. The molecule has 0 aromatic carbocycles. The average molecular weight is 200 g/mol. The van der Waals surface area contributed by atoms with Crippen LogP contribution in [-0.2, 0) is 26.2 Å². The van der Waals surface area contributed by atoms with Crippen molar-refractivity contribution in [2.75, 3.05) is 0 Å². The molecule has 0 fully saturated rings. The van der Waals surface area contributed by atoms with Crippen molar-refractivity contribution in [3.63, 3.8) is 0 Å². The van der Waals surface area contributed by atoms with E-state index >= 15 is 0 Å². The second kappa shape index (κ2) is 6.66. The minimum atomic E-state index is -2.65. The number of rotatable bonds is 3. The van der Waals surface area contributed by atoms with Gasteiger partial charge in [0.2, 0.25) is 0 Å². The van der Waals surface area contributed by atoms with Crippen molar-refractivity contribution in [1.82, 2.24) is 0 Å². The monoisotopic (exact) mass is 199 g/mol. The zero-order valence-electron chi connectivity index (χ0n) is 5.26. The summed E-state index contributed by atoms with van der Waals surface area (Å²) in [5, 5.41) is 0. The molecular weight excluding hydrogens is 191 g/mol. The Morgan fingerprint density at radius 3 is 2.33 bits per heavy atom. The van der Waals surface area contributed by atoms with Crippen molar-refractivity contribution < 1.29 is 31.1 Å². The Kier molecular flexibility index (Phi) is 9.05. The third-order valence-electron chi connectivity index (χ3n) is 0.841. The van der Waals surface area contributed by atoms with Gasteiger partial charge < -0.3 is 4.89 Å². The summed E-state index contributed by atoms with van der Waals surface area (Å²) in [4.78, 5) is 9.78. The van der Waals surface area contributed by atoms with Crippen LogP contribution in [0.1, 0.15) is 20.3 Å². The maximum absolute atomic E-state index is 9.78. The van der Waals surface area contributed by atoms with E-state index in [-0.39, 0.29) is 23.2 Å². The Hall–Kier alpha value is 0.539. The molecule has 0 radical (unpaired) electrons. The van der Waals surface area contributed by atoms with Crippen molar-refractivity contribution in [3.8, 4) is 0 Å². The summed E-state index contributed by atoms with van der Waals surface area (Å²) >= 11 is 0. The Morgan fingerprint density at radius 1 is 1.78 bits per heavy atom. The molecule has 0 amide bonds. The molecule has 0 heterocycles. The van der Waals surface area contributed by atoms with Crippen LogP contribution in [0.4, 0.5) is 0 Å². The SMILES string of the molecule is CCC(C)O[P+](=O)[O-].[Cu+]. The first-order chi connectivity index (χ1) is 3.66. The van der Waals surface area contributed by atoms with Crippen LogP contribution in [0.5, 0.6) is 0 Å². The zero-order chi connectivity index (χ0) is 6.57. The normalized spacial score (nSPS) is 13.9. The second-order valence-corrected chi connectivity index (χ2v) is 2.21. The smallest absolute Gasteiger partial charge is 0.566 e. The maximum atomic E-state index is 9.78. The average Bonchev–Trinajstić information content (AvgIpc) is 1.65. The van der Waals surface area contributed by atoms with E-state index in [1.54, 1.807) is 6.92 Å². The molecule has 0 aromatic heterocycles. The fourth-order valence-electron chi connectivity index (χ4n) is 0.221. The van der Waals surface area contributed by atoms with Gasteiger partial charge in [-0.05, 0) is 17.9 Å². The zero-order valence-corrected chi connectivity index (χ0v) is 7.09. The van der Waals surface area contributed by atoms with Crippen LogP contribution in [0.25, 0.3) is 0 Å². The minimum Gasteiger partial charge on any atom is -0.566 e. The first kappa shape index (κ1) is 12.2. The van der Waals surface area contributed by atoms with Crippen molar-refractivity contribution >= 4 is 8.25 Å². The van der Waals surface area contributed by atoms with Crippen LogP contribution in [-0.4, -0.2) is 6.10 Å². The molecule has 0 saturated carbocycles. The van der Waals surface area contributed by atoms with E-state index < -0.39 is 8.25 Å². The molecule has 0 spiro atoms. The third-order valence-corrected chi connectivity index (χ3v) is 1.37. The topological polar surface area (TPSA) is 49.4 Å². The molecule has 0 bridgehead atoms. The molecule has 0 aromatic rings. The third kappa shape index (κ3) is 8.54. The van der Waals surface area contributed by atoms with Crippen LogP contribution in [0.15, 0.2) is 0 Å². The van der Waals surface area contributed by atoms with E-state index in [1.807, 2.05) is 6.92 Å². The molecule has 0 aliphatic rings. The molecule has 58 valence electrons. The summed E-state index contributed by atoms with van der Waals surface area (Å²) in [5.41, 5.74) is 0. The van der Waals surface area contributed by atoms with E-state index in [4.69, 9.17) is 0 Å². The van der Waals surface area contributed by atoms with E-state index in [1.165, 1.54) is 0 Å². The van der Waals surface area contributed by atoms with Crippen LogP contribution < -0.4 is 4.89 Å². The van der Waals surface area contributed by atoms with Crippen molar-refractivity contribution in [2.45, 2.75) is 26.4 Å². The summed E-state index contributed by atoms with van der Waals surface area (Å²) in [5.74, 6) is 0. The molecule has 0 aliphatic heterocycles. The van der Waals surface area contributed by atoms with Gasteiger partial charge in [0.25, 0.3) is 0 Å². The fourth-order valence-corrected chi connectivity index (χ4v) is 0.664.